The fraction of sp³-hybridized carbons (Fsp3) is 0.600. The zero-order chi connectivity index (χ0) is 11.0. The summed E-state index contributed by atoms with van der Waals surface area (Å²) in [4.78, 5) is 23.2. The zero-order valence-corrected chi connectivity index (χ0v) is 8.32. The Morgan fingerprint density at radius 1 is 1.43 bits per heavy atom. The molecule has 4 heteroatoms. The van der Waals surface area contributed by atoms with Crippen LogP contribution in [0.5, 0.6) is 0 Å². The first-order valence-electron chi connectivity index (χ1n) is 4.54. The lowest BCUT2D eigenvalue weighted by molar-refractivity contribution is -0.138. The molecule has 0 saturated carbocycles. The number of amides is 1. The molecule has 14 heavy (non-hydrogen) atoms. The molecule has 0 aliphatic heterocycles. The minimum Gasteiger partial charge on any atom is -0.481 e. The lowest BCUT2D eigenvalue weighted by atomic mass is 10.2. The summed E-state index contributed by atoms with van der Waals surface area (Å²) < 4.78 is 0. The van der Waals surface area contributed by atoms with Crippen molar-refractivity contribution in [1.82, 2.24) is 4.90 Å². The lowest BCUT2D eigenvalue weighted by Gasteiger charge is -2.19. The second kappa shape index (κ2) is 6.96. The maximum atomic E-state index is 11.4. The van der Waals surface area contributed by atoms with Gasteiger partial charge in [-0.2, -0.15) is 0 Å². The fourth-order valence-electron chi connectivity index (χ4n) is 1.03. The summed E-state index contributed by atoms with van der Waals surface area (Å²) in [6, 6.07) is 0. The van der Waals surface area contributed by atoms with Gasteiger partial charge in [-0.25, -0.2) is 0 Å². The van der Waals surface area contributed by atoms with E-state index in [9.17, 15) is 9.59 Å². The Balaban J connectivity index is 3.93. The summed E-state index contributed by atoms with van der Waals surface area (Å²) >= 11 is 0. The summed E-state index contributed by atoms with van der Waals surface area (Å²) in [7, 11) is 0. The van der Waals surface area contributed by atoms with Gasteiger partial charge in [0, 0.05) is 25.9 Å². The minimum atomic E-state index is -0.895. The van der Waals surface area contributed by atoms with E-state index < -0.39 is 5.97 Å². The third kappa shape index (κ3) is 5.20. The first-order chi connectivity index (χ1) is 6.61. The zero-order valence-electron chi connectivity index (χ0n) is 8.32. The summed E-state index contributed by atoms with van der Waals surface area (Å²) in [5, 5.41) is 8.45. The van der Waals surface area contributed by atoms with E-state index in [1.54, 1.807) is 0 Å². The molecule has 0 aliphatic carbocycles. The summed E-state index contributed by atoms with van der Waals surface area (Å²) in [5.41, 5.74) is 0. The number of carboxylic acids is 1. The SMILES string of the molecule is C#CCCC(=O)N(CC)CCC(=O)O. The van der Waals surface area contributed by atoms with Crippen LogP contribution >= 0.6 is 0 Å². The van der Waals surface area contributed by atoms with Gasteiger partial charge in [0.15, 0.2) is 0 Å². The van der Waals surface area contributed by atoms with Crippen LogP contribution in [-0.2, 0) is 9.59 Å². The number of nitrogens with zero attached hydrogens (tertiary/aromatic N) is 1. The number of carboxylic acid groups (broad SMARTS) is 1. The van der Waals surface area contributed by atoms with Crippen LogP contribution in [-0.4, -0.2) is 35.0 Å². The van der Waals surface area contributed by atoms with Crippen molar-refractivity contribution < 1.29 is 14.7 Å². The van der Waals surface area contributed by atoms with Gasteiger partial charge >= 0.3 is 5.97 Å². The summed E-state index contributed by atoms with van der Waals surface area (Å²) in [5.74, 6) is 1.41. The van der Waals surface area contributed by atoms with Crippen molar-refractivity contribution in [3.05, 3.63) is 0 Å². The van der Waals surface area contributed by atoms with E-state index in [2.05, 4.69) is 5.92 Å². The van der Waals surface area contributed by atoms with Crippen molar-refractivity contribution in [3.63, 3.8) is 0 Å². The van der Waals surface area contributed by atoms with Crippen LogP contribution in [0.2, 0.25) is 0 Å². The van der Waals surface area contributed by atoms with Gasteiger partial charge in [0.2, 0.25) is 5.91 Å². The van der Waals surface area contributed by atoms with Gasteiger partial charge in [0.05, 0.1) is 6.42 Å². The molecule has 0 radical (unpaired) electrons. The summed E-state index contributed by atoms with van der Waals surface area (Å²) in [6.45, 7) is 2.60. The molecular weight excluding hydrogens is 182 g/mol. The monoisotopic (exact) mass is 197 g/mol. The van der Waals surface area contributed by atoms with Gasteiger partial charge < -0.3 is 10.0 Å². The highest BCUT2D eigenvalue weighted by atomic mass is 16.4. The van der Waals surface area contributed by atoms with E-state index in [0.717, 1.165) is 0 Å². The number of carbonyl (C=O) groups is 2. The second-order valence-electron chi connectivity index (χ2n) is 2.82. The van der Waals surface area contributed by atoms with E-state index in [4.69, 9.17) is 11.5 Å². The van der Waals surface area contributed by atoms with E-state index >= 15 is 0 Å². The Kier molecular flexibility index (Phi) is 6.21. The third-order valence-electron chi connectivity index (χ3n) is 1.81. The van der Waals surface area contributed by atoms with Crippen molar-refractivity contribution in [2.24, 2.45) is 0 Å². The van der Waals surface area contributed by atoms with Gasteiger partial charge in [-0.05, 0) is 6.92 Å². The Hall–Kier alpha value is -1.50. The number of rotatable bonds is 6. The van der Waals surface area contributed by atoms with Crippen LogP contribution in [0, 0.1) is 12.3 Å². The largest absolute Gasteiger partial charge is 0.481 e. The van der Waals surface area contributed by atoms with E-state index in [-0.39, 0.29) is 18.9 Å². The van der Waals surface area contributed by atoms with Crippen LogP contribution in [0.15, 0.2) is 0 Å². The molecule has 0 bridgehead atoms. The molecule has 0 aromatic carbocycles. The number of aliphatic carboxylic acids is 1. The van der Waals surface area contributed by atoms with Crippen molar-refractivity contribution >= 4 is 11.9 Å². The van der Waals surface area contributed by atoms with E-state index in [1.807, 2.05) is 6.92 Å². The molecule has 0 rings (SSSR count). The molecule has 0 aliphatic rings. The highest BCUT2D eigenvalue weighted by Gasteiger charge is 2.11. The molecule has 0 aromatic rings. The van der Waals surface area contributed by atoms with Crippen LogP contribution < -0.4 is 0 Å². The second-order valence-corrected chi connectivity index (χ2v) is 2.82. The quantitative estimate of drug-likeness (QED) is 0.638. The smallest absolute Gasteiger partial charge is 0.305 e. The Morgan fingerprint density at radius 3 is 2.50 bits per heavy atom. The number of hydrogen-bond donors (Lipinski definition) is 1. The van der Waals surface area contributed by atoms with E-state index in [0.29, 0.717) is 19.4 Å². The molecule has 1 amide bonds. The van der Waals surface area contributed by atoms with Crippen LogP contribution in [0.25, 0.3) is 0 Å². The molecule has 0 saturated heterocycles. The molecule has 0 unspecified atom stereocenters. The Bertz CT molecular complexity index is 242. The molecule has 4 nitrogen and oxygen atoms in total. The molecule has 0 spiro atoms. The van der Waals surface area contributed by atoms with Gasteiger partial charge in [-0.1, -0.05) is 0 Å². The van der Waals surface area contributed by atoms with Gasteiger partial charge in [-0.3, -0.25) is 9.59 Å². The van der Waals surface area contributed by atoms with Crippen molar-refractivity contribution in [1.29, 1.82) is 0 Å². The normalized spacial score (nSPS) is 9.14. The Labute approximate surface area is 83.9 Å². The average Bonchev–Trinajstić information content (AvgIpc) is 2.15. The highest BCUT2D eigenvalue weighted by Crippen LogP contribution is 1.98. The first kappa shape index (κ1) is 12.5. The lowest BCUT2D eigenvalue weighted by Crippen LogP contribution is -2.32. The van der Waals surface area contributed by atoms with Crippen molar-refractivity contribution in [3.8, 4) is 12.3 Å². The van der Waals surface area contributed by atoms with Crippen LogP contribution in [0.3, 0.4) is 0 Å². The first-order valence-corrected chi connectivity index (χ1v) is 4.54. The minimum absolute atomic E-state index is 0.0182. The van der Waals surface area contributed by atoms with E-state index in [1.165, 1.54) is 4.90 Å². The van der Waals surface area contributed by atoms with Crippen LogP contribution in [0.1, 0.15) is 26.2 Å². The summed E-state index contributed by atoms with van der Waals surface area (Å²) in [6.07, 6.45) is 5.71. The highest BCUT2D eigenvalue weighted by molar-refractivity contribution is 5.77. The molecule has 0 aromatic heterocycles. The molecule has 0 fully saturated rings. The van der Waals surface area contributed by atoms with Crippen molar-refractivity contribution in [2.45, 2.75) is 26.2 Å². The van der Waals surface area contributed by atoms with Gasteiger partial charge in [0.25, 0.3) is 0 Å². The fourth-order valence-corrected chi connectivity index (χ4v) is 1.03. The predicted octanol–water partition coefficient (Wildman–Crippen LogP) is 0.723. The molecule has 1 N–H and O–H groups in total. The topological polar surface area (TPSA) is 57.6 Å². The molecular formula is C10H15NO3. The van der Waals surface area contributed by atoms with Crippen LogP contribution in [0.4, 0.5) is 0 Å². The molecule has 0 atom stereocenters. The third-order valence-corrected chi connectivity index (χ3v) is 1.81. The molecule has 0 heterocycles. The maximum absolute atomic E-state index is 11.4. The maximum Gasteiger partial charge on any atom is 0.305 e. The Morgan fingerprint density at radius 2 is 2.07 bits per heavy atom. The predicted molar refractivity (Wildman–Crippen MR) is 52.6 cm³/mol. The van der Waals surface area contributed by atoms with Gasteiger partial charge in [0.1, 0.15) is 0 Å². The number of terminal acetylenes is 1. The standard InChI is InChI=1S/C10H15NO3/c1-3-5-6-9(12)11(4-2)8-7-10(13)14/h1H,4-8H2,2H3,(H,13,14). The number of carbonyl (C=O) groups excluding carboxylic acids is 1. The number of hydrogen-bond acceptors (Lipinski definition) is 2. The molecule has 78 valence electrons. The average molecular weight is 197 g/mol. The van der Waals surface area contributed by atoms with Crippen molar-refractivity contribution in [2.75, 3.05) is 13.1 Å². The van der Waals surface area contributed by atoms with Gasteiger partial charge in [-0.15, -0.1) is 12.3 Å².